The maximum absolute atomic E-state index is 13.5. The molecule has 0 spiro atoms. The van der Waals surface area contributed by atoms with E-state index in [1.807, 2.05) is 0 Å². The van der Waals surface area contributed by atoms with Crippen LogP contribution in [0.4, 0.5) is 23.2 Å². The van der Waals surface area contributed by atoms with Gasteiger partial charge in [-0.25, -0.2) is 22.2 Å². The Morgan fingerprint density at radius 3 is 2.42 bits per heavy atom. The van der Waals surface area contributed by atoms with E-state index in [0.717, 1.165) is 21.8 Å². The Morgan fingerprint density at radius 1 is 1.12 bits per heavy atom. The van der Waals surface area contributed by atoms with Gasteiger partial charge in [-0.2, -0.15) is 10.2 Å². The fraction of sp³-hybridized carbons (Fsp3) is 0.188. The molecule has 3 rings (SSSR count). The lowest BCUT2D eigenvalue weighted by Gasteiger charge is -2.09. The van der Waals surface area contributed by atoms with Gasteiger partial charge in [-0.1, -0.05) is 18.2 Å². The molecule has 1 amide bonds. The number of rotatable bonds is 5. The van der Waals surface area contributed by atoms with Crippen molar-refractivity contribution in [2.45, 2.75) is 12.9 Å². The second kappa shape index (κ2) is 6.98. The van der Waals surface area contributed by atoms with Crippen LogP contribution in [0, 0.1) is 0 Å². The minimum atomic E-state index is -2.97. The maximum atomic E-state index is 13.5. The molecule has 1 aromatic carbocycles. The normalized spacial score (nSPS) is 11.3. The number of halogens is 4. The third-order valence-corrected chi connectivity index (χ3v) is 3.57. The number of nitrogens with zero attached hydrogens (tertiary/aromatic N) is 4. The Balaban J connectivity index is 1.96. The molecule has 26 heavy (non-hydrogen) atoms. The number of amides is 1. The largest absolute Gasteiger partial charge is 0.319 e. The Morgan fingerprint density at radius 2 is 1.81 bits per heavy atom. The second-order valence-electron chi connectivity index (χ2n) is 5.35. The summed E-state index contributed by atoms with van der Waals surface area (Å²) in [7, 11) is 1.38. The van der Waals surface area contributed by atoms with Crippen LogP contribution < -0.4 is 5.32 Å². The standard InChI is InChI=1S/C16H13F4N5O/c1-24-8-10(12(23-24)14(17)18)16(26)22-11-7-21-25(13(11)15(19)20)9-5-3-2-4-6-9/h2-8,14-15H,1H3,(H,22,26). The van der Waals surface area contributed by atoms with Crippen LogP contribution >= 0.6 is 0 Å². The SMILES string of the molecule is Cn1cc(C(=O)Nc2cnn(-c3ccccc3)c2C(F)F)c(C(F)F)n1. The molecular weight excluding hydrogens is 354 g/mol. The van der Waals surface area contributed by atoms with Gasteiger partial charge in [0.05, 0.1) is 23.1 Å². The molecule has 2 heterocycles. The third kappa shape index (κ3) is 3.30. The Bertz CT molecular complexity index is 920. The van der Waals surface area contributed by atoms with Crippen LogP contribution in [0.1, 0.15) is 34.6 Å². The van der Waals surface area contributed by atoms with Crippen LogP contribution in [0.15, 0.2) is 42.7 Å². The average molecular weight is 367 g/mol. The summed E-state index contributed by atoms with van der Waals surface area (Å²) in [5.41, 5.74) is -1.56. The van der Waals surface area contributed by atoms with Crippen molar-refractivity contribution in [2.24, 2.45) is 7.05 Å². The molecule has 10 heteroatoms. The maximum Gasteiger partial charge on any atom is 0.282 e. The lowest BCUT2D eigenvalue weighted by atomic mass is 10.2. The highest BCUT2D eigenvalue weighted by Crippen LogP contribution is 2.30. The quantitative estimate of drug-likeness (QED) is 0.699. The Hall–Kier alpha value is -3.17. The van der Waals surface area contributed by atoms with Crippen LogP contribution in [-0.2, 0) is 7.05 Å². The summed E-state index contributed by atoms with van der Waals surface area (Å²) < 4.78 is 55.0. The summed E-state index contributed by atoms with van der Waals surface area (Å²) >= 11 is 0. The van der Waals surface area contributed by atoms with Gasteiger partial charge in [0.15, 0.2) is 0 Å². The molecule has 0 radical (unpaired) electrons. The predicted octanol–water partition coefficient (Wildman–Crippen LogP) is 3.73. The highest BCUT2D eigenvalue weighted by atomic mass is 19.3. The van der Waals surface area contributed by atoms with E-state index in [0.29, 0.717) is 5.69 Å². The summed E-state index contributed by atoms with van der Waals surface area (Å²) in [6.07, 6.45) is -3.78. The van der Waals surface area contributed by atoms with Crippen LogP contribution in [0.5, 0.6) is 0 Å². The number of anilines is 1. The predicted molar refractivity (Wildman–Crippen MR) is 84.6 cm³/mol. The number of nitrogens with one attached hydrogen (secondary N) is 1. The highest BCUT2D eigenvalue weighted by molar-refractivity contribution is 6.05. The monoisotopic (exact) mass is 367 g/mol. The number of carbonyl (C=O) groups is 1. The van der Waals surface area contributed by atoms with Gasteiger partial charge < -0.3 is 5.32 Å². The van der Waals surface area contributed by atoms with Gasteiger partial charge in [0, 0.05) is 13.2 Å². The van der Waals surface area contributed by atoms with Gasteiger partial charge in [0.1, 0.15) is 11.4 Å². The van der Waals surface area contributed by atoms with Crippen molar-refractivity contribution in [3.8, 4) is 5.69 Å². The van der Waals surface area contributed by atoms with Crippen molar-refractivity contribution in [1.82, 2.24) is 19.6 Å². The molecule has 0 saturated carbocycles. The number of hydrogen-bond donors (Lipinski definition) is 1. The van der Waals surface area contributed by atoms with Crippen molar-refractivity contribution in [3.05, 3.63) is 59.7 Å². The first-order chi connectivity index (χ1) is 12.4. The van der Waals surface area contributed by atoms with Crippen molar-refractivity contribution in [3.63, 3.8) is 0 Å². The Labute approximate surface area is 145 Å². The second-order valence-corrected chi connectivity index (χ2v) is 5.35. The average Bonchev–Trinajstić information content (AvgIpc) is 3.19. The summed E-state index contributed by atoms with van der Waals surface area (Å²) in [5, 5.41) is 9.61. The minimum absolute atomic E-state index is 0.266. The van der Waals surface area contributed by atoms with E-state index in [9.17, 15) is 22.4 Å². The molecule has 0 bridgehead atoms. The number of para-hydroxylation sites is 1. The number of carbonyl (C=O) groups excluding carboxylic acids is 1. The van der Waals surface area contributed by atoms with Gasteiger partial charge >= 0.3 is 0 Å². The van der Waals surface area contributed by atoms with E-state index in [4.69, 9.17) is 0 Å². The van der Waals surface area contributed by atoms with E-state index < -0.39 is 35.7 Å². The van der Waals surface area contributed by atoms with Crippen molar-refractivity contribution < 1.29 is 22.4 Å². The van der Waals surface area contributed by atoms with Gasteiger partial charge in [-0.15, -0.1) is 0 Å². The first kappa shape index (κ1) is 17.6. The van der Waals surface area contributed by atoms with Crippen LogP contribution in [0.25, 0.3) is 5.69 Å². The summed E-state index contributed by atoms with van der Waals surface area (Å²) in [4.78, 5) is 12.3. The molecule has 0 unspecified atom stereocenters. The molecule has 0 fully saturated rings. The van der Waals surface area contributed by atoms with Gasteiger partial charge in [0.25, 0.3) is 18.8 Å². The third-order valence-electron chi connectivity index (χ3n) is 3.57. The highest BCUT2D eigenvalue weighted by Gasteiger charge is 2.26. The van der Waals surface area contributed by atoms with Crippen molar-refractivity contribution >= 4 is 11.6 Å². The number of aryl methyl sites for hydroxylation is 1. The zero-order valence-electron chi connectivity index (χ0n) is 13.4. The minimum Gasteiger partial charge on any atom is -0.319 e. The summed E-state index contributed by atoms with van der Waals surface area (Å²) in [5.74, 6) is -0.970. The molecular formula is C16H13F4N5O. The lowest BCUT2D eigenvalue weighted by Crippen LogP contribution is -2.15. The van der Waals surface area contributed by atoms with Gasteiger partial charge in [0.2, 0.25) is 0 Å². The topological polar surface area (TPSA) is 64.7 Å². The number of alkyl halides is 4. The molecule has 2 aromatic heterocycles. The number of benzene rings is 1. The fourth-order valence-corrected chi connectivity index (χ4v) is 2.47. The molecule has 6 nitrogen and oxygen atoms in total. The van der Waals surface area contributed by atoms with E-state index >= 15 is 0 Å². The van der Waals surface area contributed by atoms with Crippen molar-refractivity contribution in [1.29, 1.82) is 0 Å². The molecule has 0 saturated heterocycles. The fourth-order valence-electron chi connectivity index (χ4n) is 2.47. The van der Waals surface area contributed by atoms with E-state index in [1.54, 1.807) is 30.3 Å². The zero-order chi connectivity index (χ0) is 18.8. The summed E-state index contributed by atoms with van der Waals surface area (Å²) in [6, 6.07) is 8.15. The first-order valence-corrected chi connectivity index (χ1v) is 7.43. The smallest absolute Gasteiger partial charge is 0.282 e. The zero-order valence-corrected chi connectivity index (χ0v) is 13.4. The van der Waals surface area contributed by atoms with Gasteiger partial charge in [-0.3, -0.25) is 9.48 Å². The first-order valence-electron chi connectivity index (χ1n) is 7.43. The molecule has 1 N–H and O–H groups in total. The van der Waals surface area contributed by atoms with E-state index in [2.05, 4.69) is 15.5 Å². The summed E-state index contributed by atoms with van der Waals surface area (Å²) in [6.45, 7) is 0. The molecule has 0 aliphatic carbocycles. The van der Waals surface area contributed by atoms with Crippen molar-refractivity contribution in [2.75, 3.05) is 5.32 Å². The Kier molecular flexibility index (Phi) is 4.74. The molecule has 0 aliphatic heterocycles. The van der Waals surface area contributed by atoms with Crippen LogP contribution in [0.3, 0.4) is 0 Å². The van der Waals surface area contributed by atoms with Gasteiger partial charge in [-0.05, 0) is 12.1 Å². The number of aromatic nitrogens is 4. The van der Waals surface area contributed by atoms with E-state index in [1.165, 1.54) is 7.05 Å². The molecule has 0 aliphatic rings. The van der Waals surface area contributed by atoms with E-state index in [-0.39, 0.29) is 5.69 Å². The molecule has 136 valence electrons. The lowest BCUT2D eigenvalue weighted by molar-refractivity contribution is 0.101. The number of hydrogen-bond acceptors (Lipinski definition) is 3. The molecule has 3 aromatic rings. The van der Waals surface area contributed by atoms with Crippen LogP contribution in [0.2, 0.25) is 0 Å². The molecule has 0 atom stereocenters. The van der Waals surface area contributed by atoms with Crippen LogP contribution in [-0.4, -0.2) is 25.5 Å².